The average molecular weight is 589 g/mol. The second-order valence-corrected chi connectivity index (χ2v) is 9.98. The predicted octanol–water partition coefficient (Wildman–Crippen LogP) is 7.45. The zero-order chi connectivity index (χ0) is 25.8. The summed E-state index contributed by atoms with van der Waals surface area (Å²) in [6.45, 7) is 4.38. The highest BCUT2D eigenvalue weighted by molar-refractivity contribution is 9.10. The van der Waals surface area contributed by atoms with Crippen molar-refractivity contribution in [3.05, 3.63) is 96.4 Å². The standard InChI is InChI=1S/C27H24BrCl2N3O3/c1-4-16(2)26-32-23-9-7-19(28)13-20(23)27(34)33(26)31-14-17-6-10-24(25(12-17)35-3)36-15-18-5-8-21(29)22(30)11-18/h5-14,16H,4,15H2,1-3H3/t16-/m0/s1. The number of benzene rings is 3. The number of aromatic nitrogens is 2. The minimum atomic E-state index is -0.221. The Morgan fingerprint density at radius 3 is 2.61 bits per heavy atom. The van der Waals surface area contributed by atoms with E-state index in [9.17, 15) is 4.79 Å². The highest BCUT2D eigenvalue weighted by Crippen LogP contribution is 2.29. The van der Waals surface area contributed by atoms with Crippen molar-refractivity contribution in [2.45, 2.75) is 32.8 Å². The van der Waals surface area contributed by atoms with Crippen LogP contribution in [0.2, 0.25) is 10.0 Å². The van der Waals surface area contributed by atoms with E-state index in [1.54, 1.807) is 43.7 Å². The third-order valence-corrected chi connectivity index (χ3v) is 7.01. The smallest absolute Gasteiger partial charge is 0.282 e. The summed E-state index contributed by atoms with van der Waals surface area (Å²) in [4.78, 5) is 18.0. The van der Waals surface area contributed by atoms with E-state index in [1.807, 2.05) is 31.2 Å². The summed E-state index contributed by atoms with van der Waals surface area (Å²) in [6.07, 6.45) is 2.44. The Bertz CT molecular complexity index is 1500. The molecule has 0 N–H and O–H groups in total. The maximum Gasteiger partial charge on any atom is 0.282 e. The zero-order valence-corrected chi connectivity index (χ0v) is 23.1. The lowest BCUT2D eigenvalue weighted by atomic mass is 10.1. The van der Waals surface area contributed by atoms with Gasteiger partial charge in [-0.05, 0) is 66.1 Å². The van der Waals surface area contributed by atoms with Crippen molar-refractivity contribution in [3.8, 4) is 11.5 Å². The van der Waals surface area contributed by atoms with Crippen LogP contribution in [0.1, 0.15) is 43.1 Å². The van der Waals surface area contributed by atoms with Gasteiger partial charge in [-0.25, -0.2) is 4.98 Å². The number of hydrogen-bond donors (Lipinski definition) is 0. The van der Waals surface area contributed by atoms with E-state index in [4.69, 9.17) is 37.7 Å². The number of ether oxygens (including phenoxy) is 2. The van der Waals surface area contributed by atoms with Crippen LogP contribution in [-0.2, 0) is 6.61 Å². The fourth-order valence-electron chi connectivity index (χ4n) is 3.58. The van der Waals surface area contributed by atoms with Crippen LogP contribution in [0.25, 0.3) is 10.9 Å². The van der Waals surface area contributed by atoms with Crippen molar-refractivity contribution in [1.29, 1.82) is 0 Å². The van der Waals surface area contributed by atoms with Crippen LogP contribution >= 0.6 is 39.1 Å². The number of nitrogens with zero attached hydrogens (tertiary/aromatic N) is 3. The van der Waals surface area contributed by atoms with E-state index in [2.05, 4.69) is 28.0 Å². The van der Waals surface area contributed by atoms with Crippen LogP contribution in [0.3, 0.4) is 0 Å². The van der Waals surface area contributed by atoms with E-state index in [0.717, 1.165) is 22.0 Å². The lowest BCUT2D eigenvalue weighted by Gasteiger charge is -2.14. The van der Waals surface area contributed by atoms with Gasteiger partial charge in [-0.1, -0.05) is 59.0 Å². The summed E-state index contributed by atoms with van der Waals surface area (Å²) in [5.41, 5.74) is 2.05. The van der Waals surface area contributed by atoms with Gasteiger partial charge in [-0.2, -0.15) is 9.78 Å². The van der Waals surface area contributed by atoms with Gasteiger partial charge >= 0.3 is 0 Å². The van der Waals surface area contributed by atoms with E-state index in [1.165, 1.54) is 4.68 Å². The third-order valence-electron chi connectivity index (χ3n) is 5.77. The highest BCUT2D eigenvalue weighted by Gasteiger charge is 2.16. The first-order valence-electron chi connectivity index (χ1n) is 11.3. The van der Waals surface area contributed by atoms with Crippen molar-refractivity contribution in [2.75, 3.05) is 7.11 Å². The van der Waals surface area contributed by atoms with Crippen LogP contribution in [-0.4, -0.2) is 23.0 Å². The van der Waals surface area contributed by atoms with Crippen LogP contribution < -0.4 is 15.0 Å². The van der Waals surface area contributed by atoms with Crippen LogP contribution in [0.4, 0.5) is 0 Å². The molecule has 0 spiro atoms. The molecule has 1 atom stereocenters. The van der Waals surface area contributed by atoms with Crippen molar-refractivity contribution < 1.29 is 9.47 Å². The summed E-state index contributed by atoms with van der Waals surface area (Å²) >= 11 is 15.5. The van der Waals surface area contributed by atoms with Crippen LogP contribution in [0, 0.1) is 0 Å². The Balaban J connectivity index is 1.64. The lowest BCUT2D eigenvalue weighted by Crippen LogP contribution is -2.23. The molecule has 0 fully saturated rings. The zero-order valence-electron chi connectivity index (χ0n) is 20.0. The maximum absolute atomic E-state index is 13.3. The van der Waals surface area contributed by atoms with E-state index < -0.39 is 0 Å². The summed E-state index contributed by atoms with van der Waals surface area (Å²) in [6, 6.07) is 16.3. The molecule has 0 aliphatic heterocycles. The predicted molar refractivity (Wildman–Crippen MR) is 149 cm³/mol. The molecule has 4 aromatic rings. The molecular formula is C27H24BrCl2N3O3. The van der Waals surface area contributed by atoms with Crippen LogP contribution in [0.5, 0.6) is 11.5 Å². The molecule has 0 amide bonds. The molecule has 0 unspecified atom stereocenters. The third kappa shape index (κ3) is 5.75. The molecule has 186 valence electrons. The SMILES string of the molecule is CC[C@H](C)c1nc2ccc(Br)cc2c(=O)n1N=Cc1ccc(OCc2ccc(Cl)c(Cl)c2)c(OC)c1. The molecule has 3 aromatic carbocycles. The fourth-order valence-corrected chi connectivity index (χ4v) is 4.26. The number of methoxy groups -OCH3 is 1. The Hall–Kier alpha value is -2.87. The van der Waals surface area contributed by atoms with Gasteiger partial charge in [-0.3, -0.25) is 4.79 Å². The lowest BCUT2D eigenvalue weighted by molar-refractivity contribution is 0.284. The van der Waals surface area contributed by atoms with Crippen molar-refractivity contribution in [3.63, 3.8) is 0 Å². The summed E-state index contributed by atoms with van der Waals surface area (Å²) in [5, 5.41) is 5.98. The van der Waals surface area contributed by atoms with Gasteiger partial charge in [0.2, 0.25) is 0 Å². The number of hydrogen-bond acceptors (Lipinski definition) is 5. The molecule has 36 heavy (non-hydrogen) atoms. The van der Waals surface area contributed by atoms with E-state index >= 15 is 0 Å². The Morgan fingerprint density at radius 2 is 1.89 bits per heavy atom. The van der Waals surface area contributed by atoms with Crippen molar-refractivity contribution >= 4 is 56.2 Å². The van der Waals surface area contributed by atoms with Gasteiger partial charge < -0.3 is 9.47 Å². The molecule has 9 heteroatoms. The van der Waals surface area contributed by atoms with Gasteiger partial charge in [0.15, 0.2) is 11.5 Å². The quantitative estimate of drug-likeness (QED) is 0.200. The van der Waals surface area contributed by atoms with Gasteiger partial charge in [0.05, 0.1) is 34.3 Å². The Morgan fingerprint density at radius 1 is 1.08 bits per heavy atom. The van der Waals surface area contributed by atoms with Crippen molar-refractivity contribution in [1.82, 2.24) is 9.66 Å². The van der Waals surface area contributed by atoms with Crippen molar-refractivity contribution in [2.24, 2.45) is 5.10 Å². The highest BCUT2D eigenvalue weighted by atomic mass is 79.9. The topological polar surface area (TPSA) is 65.7 Å². The summed E-state index contributed by atoms with van der Waals surface area (Å²) in [7, 11) is 1.57. The first-order chi connectivity index (χ1) is 17.3. The van der Waals surface area contributed by atoms with Gasteiger partial charge in [0, 0.05) is 10.4 Å². The maximum atomic E-state index is 13.3. The van der Waals surface area contributed by atoms with E-state index in [-0.39, 0.29) is 11.5 Å². The molecule has 0 aliphatic rings. The number of rotatable bonds is 8. The minimum absolute atomic E-state index is 0.0505. The van der Waals surface area contributed by atoms with Gasteiger partial charge in [0.25, 0.3) is 5.56 Å². The molecular weight excluding hydrogens is 565 g/mol. The number of fused-ring (bicyclic) bond motifs is 1. The average Bonchev–Trinajstić information content (AvgIpc) is 2.88. The molecule has 0 aliphatic carbocycles. The summed E-state index contributed by atoms with van der Waals surface area (Å²) in [5.74, 6) is 1.76. The molecule has 0 bridgehead atoms. The largest absolute Gasteiger partial charge is 0.493 e. The molecule has 0 saturated carbocycles. The first-order valence-corrected chi connectivity index (χ1v) is 12.9. The first kappa shape index (κ1) is 26.2. The summed E-state index contributed by atoms with van der Waals surface area (Å²) < 4.78 is 13.6. The molecule has 1 aromatic heterocycles. The molecule has 4 rings (SSSR count). The van der Waals surface area contributed by atoms with E-state index in [0.29, 0.717) is 44.9 Å². The normalized spacial score (nSPS) is 12.3. The molecule has 0 saturated heterocycles. The molecule has 6 nitrogen and oxygen atoms in total. The monoisotopic (exact) mass is 587 g/mol. The fraction of sp³-hybridized carbons (Fsp3) is 0.222. The van der Waals surface area contributed by atoms with Gasteiger partial charge in [0.1, 0.15) is 12.4 Å². The molecule has 1 heterocycles. The minimum Gasteiger partial charge on any atom is -0.493 e. The van der Waals surface area contributed by atoms with Crippen LogP contribution in [0.15, 0.2) is 69.0 Å². The molecule has 0 radical (unpaired) electrons. The second-order valence-electron chi connectivity index (χ2n) is 8.25. The van der Waals surface area contributed by atoms with Gasteiger partial charge in [-0.15, -0.1) is 0 Å². The number of halogens is 3. The Kier molecular flexibility index (Phi) is 8.34. The second kappa shape index (κ2) is 11.5. The Labute approximate surface area is 227 Å².